The van der Waals surface area contributed by atoms with Crippen molar-refractivity contribution in [2.75, 3.05) is 4.90 Å². The van der Waals surface area contributed by atoms with Crippen molar-refractivity contribution >= 4 is 82.1 Å². The fraction of sp³-hybridized carbons (Fsp3) is 0.0794. The maximum Gasteiger partial charge on any atom is 0.143 e. The molecule has 0 amide bonds. The highest BCUT2D eigenvalue weighted by Gasteiger charge is 2.37. The first-order chi connectivity index (χ1) is 31.8. The number of hydrogen-bond acceptors (Lipinski definition) is 2. The topological polar surface area (TPSA) is 16.4 Å². The summed E-state index contributed by atoms with van der Waals surface area (Å²) < 4.78 is 6.67. The van der Waals surface area contributed by atoms with Gasteiger partial charge in [-0.1, -0.05) is 178 Å². The predicted molar refractivity (Wildman–Crippen MR) is 276 cm³/mol. The van der Waals surface area contributed by atoms with Crippen LogP contribution in [0.3, 0.4) is 0 Å². The molecule has 1 aliphatic carbocycles. The van der Waals surface area contributed by atoms with Crippen LogP contribution in [0.2, 0.25) is 0 Å². The van der Waals surface area contributed by atoms with Crippen molar-refractivity contribution in [1.82, 2.24) is 0 Å². The van der Waals surface area contributed by atoms with Crippen LogP contribution in [-0.2, 0) is 5.41 Å². The summed E-state index contributed by atoms with van der Waals surface area (Å²) in [5.41, 5.74) is 17.7. The molecule has 1 aliphatic rings. The highest BCUT2D eigenvalue weighted by atomic mass is 16.3. The zero-order valence-electron chi connectivity index (χ0n) is 36.9. The van der Waals surface area contributed by atoms with Crippen LogP contribution >= 0.6 is 0 Å². The van der Waals surface area contributed by atoms with Gasteiger partial charge in [-0.25, -0.2) is 0 Å². The molecule has 0 bridgehead atoms. The van der Waals surface area contributed by atoms with Crippen molar-refractivity contribution in [2.24, 2.45) is 0 Å². The Morgan fingerprint density at radius 2 is 0.846 bits per heavy atom. The van der Waals surface area contributed by atoms with Crippen molar-refractivity contribution in [2.45, 2.75) is 33.1 Å². The van der Waals surface area contributed by atoms with E-state index in [0.717, 1.165) is 33.2 Å². The zero-order valence-corrected chi connectivity index (χ0v) is 36.9. The van der Waals surface area contributed by atoms with E-state index in [1.165, 1.54) is 105 Å². The van der Waals surface area contributed by atoms with E-state index in [4.69, 9.17) is 4.42 Å². The molecule has 0 saturated carbocycles. The molecule has 1 aromatic heterocycles. The van der Waals surface area contributed by atoms with Gasteiger partial charge in [-0.05, 0) is 127 Å². The first-order valence-electron chi connectivity index (χ1n) is 22.8. The molecule has 13 rings (SSSR count). The van der Waals surface area contributed by atoms with Gasteiger partial charge in [0.2, 0.25) is 0 Å². The smallest absolute Gasteiger partial charge is 0.143 e. The summed E-state index contributed by atoms with van der Waals surface area (Å²) >= 11 is 0. The maximum atomic E-state index is 6.67. The third-order valence-corrected chi connectivity index (χ3v) is 14.5. The van der Waals surface area contributed by atoms with Crippen molar-refractivity contribution in [3.8, 4) is 33.4 Å². The molecule has 308 valence electrons. The first kappa shape index (κ1) is 37.6. The van der Waals surface area contributed by atoms with Crippen molar-refractivity contribution in [1.29, 1.82) is 0 Å². The van der Waals surface area contributed by atoms with E-state index < -0.39 is 0 Å². The molecule has 0 atom stereocenters. The number of aryl methyl sites for hydroxylation is 2. The molecular weight excluding hydrogens is 787 g/mol. The van der Waals surface area contributed by atoms with Crippen LogP contribution in [0, 0.1) is 13.8 Å². The fourth-order valence-corrected chi connectivity index (χ4v) is 11.4. The van der Waals surface area contributed by atoms with Gasteiger partial charge in [0.05, 0.1) is 11.4 Å². The van der Waals surface area contributed by atoms with Gasteiger partial charge < -0.3 is 9.32 Å². The van der Waals surface area contributed by atoms with E-state index in [9.17, 15) is 0 Å². The van der Waals surface area contributed by atoms with Gasteiger partial charge >= 0.3 is 0 Å². The van der Waals surface area contributed by atoms with Gasteiger partial charge in [-0.2, -0.15) is 0 Å². The standard InChI is InChI=1S/C63H45NO/c1-38-28-34-57(46-18-7-5-16-42(38)46)64(58-35-29-39(2)43-17-6-8-19-47(43)58)41-31-33-45-44-32-30-40(36-55(44)63(3,4)56(45)37-41)60-49-21-9-11-23-51(49)61(52-24-12-10-22-50(52)60)54-26-15-25-53-48-20-13-14-27-59(48)65-62(53)54/h5-37H,1-4H3. The summed E-state index contributed by atoms with van der Waals surface area (Å²) in [7, 11) is 0. The summed E-state index contributed by atoms with van der Waals surface area (Å²) in [6.07, 6.45) is 0. The average Bonchev–Trinajstić information content (AvgIpc) is 3.84. The van der Waals surface area contributed by atoms with E-state index in [2.05, 4.69) is 227 Å². The Balaban J connectivity index is 0.992. The number of hydrogen-bond donors (Lipinski definition) is 0. The molecule has 2 heteroatoms. The van der Waals surface area contributed by atoms with Crippen LogP contribution in [-0.4, -0.2) is 0 Å². The minimum absolute atomic E-state index is 0.268. The Morgan fingerprint density at radius 1 is 0.369 bits per heavy atom. The number of nitrogens with zero attached hydrogens (tertiary/aromatic N) is 1. The molecule has 0 spiro atoms. The largest absolute Gasteiger partial charge is 0.455 e. The molecular formula is C63H45NO. The third-order valence-electron chi connectivity index (χ3n) is 14.5. The summed E-state index contributed by atoms with van der Waals surface area (Å²) in [4.78, 5) is 2.50. The van der Waals surface area contributed by atoms with E-state index >= 15 is 0 Å². The van der Waals surface area contributed by atoms with Crippen LogP contribution < -0.4 is 4.90 Å². The third kappa shape index (κ3) is 5.47. The van der Waals surface area contributed by atoms with Gasteiger partial charge in [0.25, 0.3) is 0 Å². The Morgan fingerprint density at radius 3 is 1.45 bits per heavy atom. The molecule has 0 saturated heterocycles. The van der Waals surface area contributed by atoms with Gasteiger partial charge in [-0.15, -0.1) is 0 Å². The second-order valence-corrected chi connectivity index (χ2v) is 18.5. The second-order valence-electron chi connectivity index (χ2n) is 18.5. The lowest BCUT2D eigenvalue weighted by Gasteiger charge is -2.30. The monoisotopic (exact) mass is 831 g/mol. The first-order valence-corrected chi connectivity index (χ1v) is 22.8. The van der Waals surface area contributed by atoms with Crippen molar-refractivity contribution in [3.63, 3.8) is 0 Å². The lowest BCUT2D eigenvalue weighted by atomic mass is 9.80. The number of rotatable bonds is 5. The molecule has 0 fully saturated rings. The molecule has 12 aromatic rings. The molecule has 11 aromatic carbocycles. The van der Waals surface area contributed by atoms with Gasteiger partial charge in [0, 0.05) is 43.8 Å². The van der Waals surface area contributed by atoms with Crippen LogP contribution in [0.4, 0.5) is 17.1 Å². The van der Waals surface area contributed by atoms with E-state index in [-0.39, 0.29) is 5.41 Å². The van der Waals surface area contributed by atoms with E-state index in [1.54, 1.807) is 0 Å². The lowest BCUT2D eigenvalue weighted by Crippen LogP contribution is -2.17. The van der Waals surface area contributed by atoms with E-state index in [1.807, 2.05) is 6.07 Å². The van der Waals surface area contributed by atoms with Crippen LogP contribution in [0.1, 0.15) is 36.1 Å². The highest BCUT2D eigenvalue weighted by Crippen LogP contribution is 2.54. The van der Waals surface area contributed by atoms with Crippen LogP contribution in [0.25, 0.3) is 98.4 Å². The fourth-order valence-electron chi connectivity index (χ4n) is 11.4. The Kier molecular flexibility index (Phi) is 8.12. The second kappa shape index (κ2) is 14.0. The predicted octanol–water partition coefficient (Wildman–Crippen LogP) is 17.9. The molecule has 65 heavy (non-hydrogen) atoms. The van der Waals surface area contributed by atoms with Gasteiger partial charge in [0.1, 0.15) is 11.2 Å². The van der Waals surface area contributed by atoms with Gasteiger partial charge in [0.15, 0.2) is 0 Å². The normalized spacial score (nSPS) is 13.0. The van der Waals surface area contributed by atoms with Crippen molar-refractivity contribution in [3.05, 3.63) is 222 Å². The van der Waals surface area contributed by atoms with Crippen LogP contribution in [0.5, 0.6) is 0 Å². The minimum atomic E-state index is -0.268. The van der Waals surface area contributed by atoms with Crippen LogP contribution in [0.15, 0.2) is 205 Å². The van der Waals surface area contributed by atoms with E-state index in [0.29, 0.717) is 0 Å². The number of fused-ring (bicyclic) bond motifs is 10. The Bertz CT molecular complexity index is 3820. The van der Waals surface area contributed by atoms with Gasteiger partial charge in [-0.3, -0.25) is 0 Å². The number of benzene rings is 11. The number of anilines is 3. The number of furan rings is 1. The molecule has 0 unspecified atom stereocenters. The van der Waals surface area contributed by atoms with Crippen molar-refractivity contribution < 1.29 is 4.42 Å². The SMILES string of the molecule is Cc1ccc(N(c2ccc3c(c2)C(C)(C)c2cc(-c4c5ccccc5c(-c5cccc6c5oc5ccccc56)c5ccccc45)ccc2-3)c2ccc(C)c3ccccc23)c2ccccc12. The average molecular weight is 832 g/mol. The summed E-state index contributed by atoms with van der Waals surface area (Å²) in [5.74, 6) is 0. The zero-order chi connectivity index (χ0) is 43.6. The summed E-state index contributed by atoms with van der Waals surface area (Å²) in [5, 5.41) is 12.2. The Hall–Kier alpha value is -7.94. The molecule has 0 radical (unpaired) electrons. The molecule has 0 aliphatic heterocycles. The number of para-hydroxylation sites is 2. The molecule has 0 N–H and O–H groups in total. The quantitative estimate of drug-likeness (QED) is 0.161. The summed E-state index contributed by atoms with van der Waals surface area (Å²) in [6, 6.07) is 74.1. The molecule has 2 nitrogen and oxygen atoms in total. The minimum Gasteiger partial charge on any atom is -0.455 e. The Labute approximate surface area is 378 Å². The maximum absolute atomic E-state index is 6.67. The molecule has 1 heterocycles. The highest BCUT2D eigenvalue weighted by molar-refractivity contribution is 6.24. The lowest BCUT2D eigenvalue weighted by molar-refractivity contribution is 0.660. The summed E-state index contributed by atoms with van der Waals surface area (Å²) in [6.45, 7) is 9.24.